The number of carbonyl (C=O) groups excluding carboxylic acids is 2. The van der Waals surface area contributed by atoms with Crippen molar-refractivity contribution < 1.29 is 18.7 Å². The standard InChI is InChI=1S/C19H24N4O4S/c1-12-7-23(8-13(2)27-12)17(24)10-22-5-3-15-16(9-22)28-19(20-15)21-18(25)14-4-6-26-11-14/h4,6,11-13H,3,5,7-10H2,1-2H3,(H,20,21,25). The van der Waals surface area contributed by atoms with Crippen molar-refractivity contribution in [3.63, 3.8) is 0 Å². The lowest BCUT2D eigenvalue weighted by Crippen LogP contribution is -2.51. The van der Waals surface area contributed by atoms with E-state index >= 15 is 0 Å². The minimum absolute atomic E-state index is 0.0727. The van der Waals surface area contributed by atoms with Crippen molar-refractivity contribution in [1.29, 1.82) is 0 Å². The predicted octanol–water partition coefficient (Wildman–Crippen LogP) is 1.98. The highest BCUT2D eigenvalue weighted by Gasteiger charge is 2.29. The van der Waals surface area contributed by atoms with E-state index in [4.69, 9.17) is 9.15 Å². The van der Waals surface area contributed by atoms with Crippen LogP contribution < -0.4 is 5.32 Å². The van der Waals surface area contributed by atoms with Crippen molar-refractivity contribution in [2.75, 3.05) is 31.5 Å². The number of ether oxygens (including phenoxy) is 1. The molecule has 1 saturated heterocycles. The molecule has 8 nitrogen and oxygen atoms in total. The van der Waals surface area contributed by atoms with Crippen molar-refractivity contribution in [2.45, 2.75) is 39.0 Å². The molecule has 0 aliphatic carbocycles. The molecule has 4 heterocycles. The molecule has 2 unspecified atom stereocenters. The summed E-state index contributed by atoms with van der Waals surface area (Å²) in [6.45, 7) is 7.15. The Morgan fingerprint density at radius 3 is 2.82 bits per heavy atom. The largest absolute Gasteiger partial charge is 0.472 e. The van der Waals surface area contributed by atoms with Gasteiger partial charge in [-0.05, 0) is 19.9 Å². The van der Waals surface area contributed by atoms with Gasteiger partial charge in [0, 0.05) is 37.5 Å². The number of rotatable bonds is 4. The van der Waals surface area contributed by atoms with E-state index in [0.717, 1.165) is 23.5 Å². The monoisotopic (exact) mass is 404 g/mol. The number of nitrogens with zero attached hydrogens (tertiary/aromatic N) is 3. The van der Waals surface area contributed by atoms with Crippen LogP contribution in [-0.4, -0.2) is 65.0 Å². The lowest BCUT2D eigenvalue weighted by atomic mass is 10.1. The van der Waals surface area contributed by atoms with Crippen LogP contribution in [0.15, 0.2) is 23.0 Å². The van der Waals surface area contributed by atoms with Gasteiger partial charge >= 0.3 is 0 Å². The van der Waals surface area contributed by atoms with Gasteiger partial charge in [0.05, 0.1) is 36.3 Å². The molecular weight excluding hydrogens is 380 g/mol. The second-order valence-corrected chi connectivity index (χ2v) is 8.46. The van der Waals surface area contributed by atoms with Crippen LogP contribution in [0.5, 0.6) is 0 Å². The molecule has 2 aliphatic rings. The predicted molar refractivity (Wildman–Crippen MR) is 104 cm³/mol. The fourth-order valence-electron chi connectivity index (χ4n) is 3.67. The molecule has 0 saturated carbocycles. The Labute approximate surface area is 167 Å². The summed E-state index contributed by atoms with van der Waals surface area (Å²) in [5, 5.41) is 3.40. The molecule has 0 spiro atoms. The molecule has 1 N–H and O–H groups in total. The summed E-state index contributed by atoms with van der Waals surface area (Å²) in [6.07, 6.45) is 3.79. The lowest BCUT2D eigenvalue weighted by molar-refractivity contribution is -0.144. The number of hydrogen-bond donors (Lipinski definition) is 1. The molecule has 150 valence electrons. The Kier molecular flexibility index (Phi) is 5.47. The topological polar surface area (TPSA) is 87.9 Å². The Hall–Kier alpha value is -2.23. The number of thiazole rings is 1. The number of carbonyl (C=O) groups is 2. The number of hydrogen-bond acceptors (Lipinski definition) is 7. The van der Waals surface area contributed by atoms with Crippen molar-refractivity contribution in [3.05, 3.63) is 34.7 Å². The Morgan fingerprint density at radius 1 is 1.32 bits per heavy atom. The molecule has 2 amide bonds. The number of aromatic nitrogens is 1. The van der Waals surface area contributed by atoms with Crippen LogP contribution in [0, 0.1) is 0 Å². The normalized spacial score (nSPS) is 22.7. The first kappa shape index (κ1) is 19.1. The van der Waals surface area contributed by atoms with Gasteiger partial charge in [-0.2, -0.15) is 0 Å². The average Bonchev–Trinajstić information content (AvgIpc) is 3.29. The lowest BCUT2D eigenvalue weighted by Gasteiger charge is -2.36. The van der Waals surface area contributed by atoms with Crippen LogP contribution in [0.2, 0.25) is 0 Å². The molecule has 9 heteroatoms. The number of morpholine rings is 1. The van der Waals surface area contributed by atoms with Gasteiger partial charge in [0.1, 0.15) is 6.26 Å². The van der Waals surface area contributed by atoms with E-state index in [9.17, 15) is 9.59 Å². The van der Waals surface area contributed by atoms with Crippen LogP contribution in [0.25, 0.3) is 0 Å². The summed E-state index contributed by atoms with van der Waals surface area (Å²) in [4.78, 5) is 34.5. The molecule has 0 radical (unpaired) electrons. The Balaban J connectivity index is 1.35. The highest BCUT2D eigenvalue weighted by Crippen LogP contribution is 2.28. The smallest absolute Gasteiger partial charge is 0.260 e. The molecular formula is C19H24N4O4S. The number of furan rings is 1. The third-order valence-corrected chi connectivity index (χ3v) is 5.94. The first-order valence-corrected chi connectivity index (χ1v) is 10.3. The van der Waals surface area contributed by atoms with Crippen molar-refractivity contribution in [2.24, 2.45) is 0 Å². The zero-order valence-corrected chi connectivity index (χ0v) is 16.8. The van der Waals surface area contributed by atoms with Gasteiger partial charge < -0.3 is 14.1 Å². The van der Waals surface area contributed by atoms with Gasteiger partial charge in [0.15, 0.2) is 5.13 Å². The summed E-state index contributed by atoms with van der Waals surface area (Å²) in [5.74, 6) is -0.0918. The molecule has 4 rings (SSSR count). The third-order valence-electron chi connectivity index (χ3n) is 4.95. The van der Waals surface area contributed by atoms with Crippen LogP contribution in [-0.2, 0) is 22.5 Å². The summed E-state index contributed by atoms with van der Waals surface area (Å²) in [5.41, 5.74) is 1.47. The van der Waals surface area contributed by atoms with Gasteiger partial charge in [-0.3, -0.25) is 19.8 Å². The SMILES string of the molecule is CC1CN(C(=O)CN2CCc3nc(NC(=O)c4ccoc4)sc3C2)CC(C)O1. The van der Waals surface area contributed by atoms with E-state index in [1.165, 1.54) is 23.9 Å². The Morgan fingerprint density at radius 2 is 2.11 bits per heavy atom. The number of anilines is 1. The maximum absolute atomic E-state index is 12.7. The Bertz CT molecular complexity index is 840. The van der Waals surface area contributed by atoms with Gasteiger partial charge in [-0.1, -0.05) is 0 Å². The van der Waals surface area contributed by atoms with Crippen molar-refractivity contribution in [3.8, 4) is 0 Å². The molecule has 2 aromatic heterocycles. The van der Waals surface area contributed by atoms with E-state index in [1.54, 1.807) is 6.07 Å². The average molecular weight is 404 g/mol. The summed E-state index contributed by atoms with van der Waals surface area (Å²) in [7, 11) is 0. The minimum atomic E-state index is -0.234. The van der Waals surface area contributed by atoms with E-state index in [-0.39, 0.29) is 24.0 Å². The maximum Gasteiger partial charge on any atom is 0.260 e. The van der Waals surface area contributed by atoms with Gasteiger partial charge in [-0.25, -0.2) is 4.98 Å². The number of amides is 2. The van der Waals surface area contributed by atoms with Crippen LogP contribution in [0.1, 0.15) is 34.8 Å². The summed E-state index contributed by atoms with van der Waals surface area (Å²) < 4.78 is 10.7. The molecule has 28 heavy (non-hydrogen) atoms. The molecule has 0 aromatic carbocycles. The highest BCUT2D eigenvalue weighted by atomic mass is 32.1. The minimum Gasteiger partial charge on any atom is -0.472 e. The van der Waals surface area contributed by atoms with Crippen LogP contribution in [0.3, 0.4) is 0 Å². The van der Waals surface area contributed by atoms with E-state index in [2.05, 4.69) is 15.2 Å². The maximum atomic E-state index is 12.7. The van der Waals surface area contributed by atoms with Gasteiger partial charge in [-0.15, -0.1) is 11.3 Å². The van der Waals surface area contributed by atoms with Crippen LogP contribution >= 0.6 is 11.3 Å². The summed E-state index contributed by atoms with van der Waals surface area (Å²) >= 11 is 1.47. The quantitative estimate of drug-likeness (QED) is 0.838. The van der Waals surface area contributed by atoms with Crippen LogP contribution in [0.4, 0.5) is 5.13 Å². The van der Waals surface area contributed by atoms with Gasteiger partial charge in [0.2, 0.25) is 5.91 Å². The third kappa shape index (κ3) is 4.26. The van der Waals surface area contributed by atoms with Crippen molar-refractivity contribution in [1.82, 2.24) is 14.8 Å². The second-order valence-electron chi connectivity index (χ2n) is 7.37. The molecule has 0 bridgehead atoms. The van der Waals surface area contributed by atoms with E-state index < -0.39 is 0 Å². The number of nitrogens with one attached hydrogen (secondary N) is 1. The first-order valence-electron chi connectivity index (χ1n) is 9.45. The molecule has 2 aliphatic heterocycles. The molecule has 2 aromatic rings. The fraction of sp³-hybridized carbons (Fsp3) is 0.526. The van der Waals surface area contributed by atoms with Gasteiger partial charge in [0.25, 0.3) is 5.91 Å². The van der Waals surface area contributed by atoms with Crippen molar-refractivity contribution >= 4 is 28.3 Å². The number of fused-ring (bicyclic) bond motifs is 1. The zero-order valence-electron chi connectivity index (χ0n) is 16.0. The molecule has 2 atom stereocenters. The second kappa shape index (κ2) is 8.02. The molecule has 1 fully saturated rings. The highest BCUT2D eigenvalue weighted by molar-refractivity contribution is 7.15. The van der Waals surface area contributed by atoms with E-state index in [1.807, 2.05) is 18.7 Å². The zero-order chi connectivity index (χ0) is 19.7. The van der Waals surface area contributed by atoms with E-state index in [0.29, 0.717) is 36.9 Å². The fourth-order valence-corrected chi connectivity index (χ4v) is 4.72. The first-order chi connectivity index (χ1) is 13.5. The summed E-state index contributed by atoms with van der Waals surface area (Å²) in [6, 6.07) is 1.61.